The van der Waals surface area contributed by atoms with E-state index >= 15 is 0 Å². The molecule has 0 amide bonds. The van der Waals surface area contributed by atoms with Crippen molar-refractivity contribution in [2.75, 3.05) is 12.4 Å². The predicted molar refractivity (Wildman–Crippen MR) is 60.3 cm³/mol. The zero-order valence-corrected chi connectivity index (χ0v) is 9.72. The highest BCUT2D eigenvalue weighted by Crippen LogP contribution is 2.44. The number of carbonyl (C=O) groups is 1. The molecule has 3 nitrogen and oxygen atoms in total. The van der Waals surface area contributed by atoms with Crippen LogP contribution in [0, 0.1) is 0 Å². The van der Waals surface area contributed by atoms with Crippen LogP contribution in [0.5, 0.6) is 0 Å². The van der Waals surface area contributed by atoms with Crippen molar-refractivity contribution in [2.24, 2.45) is 0 Å². The minimum atomic E-state index is -0.687. The van der Waals surface area contributed by atoms with Crippen LogP contribution in [-0.2, 0) is 9.53 Å². The van der Waals surface area contributed by atoms with E-state index in [0.717, 1.165) is 25.2 Å². The molecule has 0 aromatic carbocycles. The van der Waals surface area contributed by atoms with Gasteiger partial charge in [-0.3, -0.25) is 4.79 Å². The van der Waals surface area contributed by atoms with Crippen LogP contribution in [0.2, 0.25) is 0 Å². The second-order valence-electron chi connectivity index (χ2n) is 4.51. The molecule has 1 aliphatic carbocycles. The summed E-state index contributed by atoms with van der Waals surface area (Å²) in [5, 5.41) is 9.19. The fourth-order valence-electron chi connectivity index (χ4n) is 2.36. The molecule has 1 atom stereocenters. The predicted octanol–water partition coefficient (Wildman–Crippen LogP) is 2.30. The normalized spacial score (nSPS) is 28.7. The first-order chi connectivity index (χ1) is 7.20. The van der Waals surface area contributed by atoms with Crippen molar-refractivity contribution in [1.82, 2.24) is 0 Å². The van der Waals surface area contributed by atoms with E-state index in [1.54, 1.807) is 0 Å². The molecule has 0 aromatic heterocycles. The number of ether oxygens (including phenoxy) is 1. The van der Waals surface area contributed by atoms with Crippen LogP contribution in [0.15, 0.2) is 0 Å². The van der Waals surface area contributed by atoms with E-state index in [2.05, 4.69) is 0 Å². The fraction of sp³-hybridized carbons (Fsp3) is 0.909. The zero-order chi connectivity index (χ0) is 10.7. The molecule has 1 aliphatic heterocycles. The molecule has 2 aliphatic rings. The van der Waals surface area contributed by atoms with Crippen LogP contribution in [0.1, 0.15) is 38.5 Å². The van der Waals surface area contributed by atoms with Gasteiger partial charge in [-0.25, -0.2) is 0 Å². The lowest BCUT2D eigenvalue weighted by molar-refractivity contribution is -0.136. The summed E-state index contributed by atoms with van der Waals surface area (Å²) in [4.78, 5) is 10.4. The van der Waals surface area contributed by atoms with Gasteiger partial charge in [-0.15, -0.1) is 0 Å². The molecule has 2 fully saturated rings. The Morgan fingerprint density at radius 2 is 2.33 bits per heavy atom. The molecule has 4 heteroatoms. The first-order valence-corrected chi connectivity index (χ1v) is 6.72. The largest absolute Gasteiger partial charge is 0.481 e. The van der Waals surface area contributed by atoms with Gasteiger partial charge in [0.25, 0.3) is 0 Å². The van der Waals surface area contributed by atoms with E-state index in [1.165, 1.54) is 19.3 Å². The number of carboxylic acid groups (broad SMARTS) is 1. The molecule has 0 bridgehead atoms. The fourth-order valence-corrected chi connectivity index (χ4v) is 3.67. The average molecular weight is 230 g/mol. The number of rotatable bonds is 4. The van der Waals surface area contributed by atoms with E-state index in [4.69, 9.17) is 9.84 Å². The van der Waals surface area contributed by atoms with Gasteiger partial charge >= 0.3 is 5.97 Å². The van der Waals surface area contributed by atoms with Crippen LogP contribution in [0.3, 0.4) is 0 Å². The summed E-state index contributed by atoms with van der Waals surface area (Å²) in [6.07, 6.45) is 6.23. The lowest BCUT2D eigenvalue weighted by Crippen LogP contribution is -2.46. The van der Waals surface area contributed by atoms with Crippen molar-refractivity contribution >= 4 is 17.7 Å². The first kappa shape index (κ1) is 11.3. The van der Waals surface area contributed by atoms with Crippen LogP contribution >= 0.6 is 11.8 Å². The Kier molecular flexibility index (Phi) is 3.57. The molecule has 0 radical (unpaired) electrons. The molecule has 86 valence electrons. The van der Waals surface area contributed by atoms with Crippen LogP contribution < -0.4 is 0 Å². The second kappa shape index (κ2) is 4.74. The van der Waals surface area contributed by atoms with Crippen molar-refractivity contribution < 1.29 is 14.6 Å². The summed E-state index contributed by atoms with van der Waals surface area (Å²) in [6.45, 7) is 0.866. The standard InChI is InChI=1S/C11H18O3S/c12-10(13)3-7-15-9-2-6-14-11(8-9)4-1-5-11/h9H,1-8H2,(H,12,13). The zero-order valence-electron chi connectivity index (χ0n) is 8.91. The van der Waals surface area contributed by atoms with E-state index in [1.807, 2.05) is 11.8 Å². The van der Waals surface area contributed by atoms with Gasteiger partial charge < -0.3 is 9.84 Å². The maximum absolute atomic E-state index is 10.4. The number of carboxylic acids is 1. The van der Waals surface area contributed by atoms with Crippen molar-refractivity contribution in [3.8, 4) is 0 Å². The summed E-state index contributed by atoms with van der Waals surface area (Å²) in [6, 6.07) is 0. The van der Waals surface area contributed by atoms with E-state index in [9.17, 15) is 4.79 Å². The maximum atomic E-state index is 10.4. The quantitative estimate of drug-likeness (QED) is 0.805. The van der Waals surface area contributed by atoms with Crippen molar-refractivity contribution in [1.29, 1.82) is 0 Å². The molecular formula is C11H18O3S. The highest BCUT2D eigenvalue weighted by atomic mass is 32.2. The highest BCUT2D eigenvalue weighted by molar-refractivity contribution is 7.99. The van der Waals surface area contributed by atoms with Gasteiger partial charge in [0.15, 0.2) is 0 Å². The third-order valence-electron chi connectivity index (χ3n) is 3.38. The number of hydrogen-bond acceptors (Lipinski definition) is 3. The minimum Gasteiger partial charge on any atom is -0.481 e. The Hall–Kier alpha value is -0.220. The minimum absolute atomic E-state index is 0.194. The number of thioether (sulfide) groups is 1. The molecule has 1 spiro atoms. The van der Waals surface area contributed by atoms with Gasteiger partial charge in [0, 0.05) is 17.6 Å². The third-order valence-corrected chi connectivity index (χ3v) is 4.70. The summed E-state index contributed by atoms with van der Waals surface area (Å²) >= 11 is 1.82. The molecule has 1 saturated carbocycles. The van der Waals surface area contributed by atoms with Crippen LogP contribution in [-0.4, -0.2) is 34.3 Å². The average Bonchev–Trinajstić information content (AvgIpc) is 2.15. The summed E-state index contributed by atoms with van der Waals surface area (Å²) in [5.74, 6) is 0.0590. The molecule has 1 saturated heterocycles. The summed E-state index contributed by atoms with van der Waals surface area (Å²) in [7, 11) is 0. The Bertz CT molecular complexity index is 238. The van der Waals surface area contributed by atoms with Crippen molar-refractivity contribution in [3.63, 3.8) is 0 Å². The lowest BCUT2D eigenvalue weighted by atomic mass is 9.75. The molecule has 2 rings (SSSR count). The lowest BCUT2D eigenvalue weighted by Gasteiger charge is -2.47. The van der Waals surface area contributed by atoms with E-state index < -0.39 is 5.97 Å². The molecule has 1 heterocycles. The molecular weight excluding hydrogens is 212 g/mol. The van der Waals surface area contributed by atoms with E-state index in [0.29, 0.717) is 5.25 Å². The van der Waals surface area contributed by atoms with Gasteiger partial charge in [0.1, 0.15) is 0 Å². The SMILES string of the molecule is O=C(O)CCSC1CCOC2(CCC2)C1. The molecule has 1 N–H and O–H groups in total. The third kappa shape index (κ3) is 2.88. The maximum Gasteiger partial charge on any atom is 0.304 e. The number of aliphatic carboxylic acids is 1. The van der Waals surface area contributed by atoms with Crippen LogP contribution in [0.4, 0.5) is 0 Å². The Labute approximate surface area is 94.6 Å². The Morgan fingerprint density at radius 3 is 2.93 bits per heavy atom. The monoisotopic (exact) mass is 230 g/mol. The highest BCUT2D eigenvalue weighted by Gasteiger charge is 2.42. The Morgan fingerprint density at radius 1 is 1.53 bits per heavy atom. The van der Waals surface area contributed by atoms with Crippen molar-refractivity contribution in [3.05, 3.63) is 0 Å². The second-order valence-corrected chi connectivity index (χ2v) is 5.92. The van der Waals surface area contributed by atoms with E-state index in [-0.39, 0.29) is 12.0 Å². The summed E-state index contributed by atoms with van der Waals surface area (Å²) in [5.41, 5.74) is 0.194. The van der Waals surface area contributed by atoms with Crippen LogP contribution in [0.25, 0.3) is 0 Å². The van der Waals surface area contributed by atoms with Gasteiger partial charge in [-0.1, -0.05) is 0 Å². The molecule has 15 heavy (non-hydrogen) atoms. The number of hydrogen-bond donors (Lipinski definition) is 1. The smallest absolute Gasteiger partial charge is 0.304 e. The van der Waals surface area contributed by atoms with Gasteiger partial charge in [0.2, 0.25) is 0 Å². The van der Waals surface area contributed by atoms with Crippen molar-refractivity contribution in [2.45, 2.75) is 49.4 Å². The summed E-state index contributed by atoms with van der Waals surface area (Å²) < 4.78 is 5.83. The first-order valence-electron chi connectivity index (χ1n) is 5.68. The topological polar surface area (TPSA) is 46.5 Å². The van der Waals surface area contributed by atoms with Gasteiger partial charge in [0.05, 0.1) is 12.0 Å². The van der Waals surface area contributed by atoms with Gasteiger partial charge in [-0.05, 0) is 32.1 Å². The molecule has 0 aromatic rings. The molecule has 1 unspecified atom stereocenters. The Balaban J connectivity index is 1.71. The van der Waals surface area contributed by atoms with Gasteiger partial charge in [-0.2, -0.15) is 11.8 Å².